The van der Waals surface area contributed by atoms with Crippen LogP contribution in [0.15, 0.2) is 41.0 Å². The zero-order valence-electron chi connectivity index (χ0n) is 13.9. The van der Waals surface area contributed by atoms with Gasteiger partial charge >= 0.3 is 0 Å². The Morgan fingerprint density at radius 2 is 2.12 bits per heavy atom. The van der Waals surface area contributed by atoms with Crippen LogP contribution in [0.25, 0.3) is 0 Å². The molecule has 5 nitrogen and oxygen atoms in total. The van der Waals surface area contributed by atoms with E-state index >= 15 is 0 Å². The van der Waals surface area contributed by atoms with Gasteiger partial charge in [0.15, 0.2) is 0 Å². The topological polar surface area (TPSA) is 54.8 Å². The number of methoxy groups -OCH3 is 1. The Balaban J connectivity index is 1.80. The number of aromatic nitrogens is 1. The van der Waals surface area contributed by atoms with Gasteiger partial charge < -0.3 is 14.6 Å². The monoisotopic (exact) mass is 426 g/mol. The molecule has 2 heterocycles. The summed E-state index contributed by atoms with van der Waals surface area (Å²) in [4.78, 5) is 6.36. The number of pyridine rings is 1. The van der Waals surface area contributed by atoms with Crippen LogP contribution in [0, 0.1) is 0 Å². The lowest BCUT2D eigenvalue weighted by molar-refractivity contribution is -0.0915. The van der Waals surface area contributed by atoms with Crippen LogP contribution in [0.5, 0.6) is 5.75 Å². The number of hydrogen-bond donors (Lipinski definition) is 1. The fraction of sp³-hybridized carbons (Fsp3) is 0.389. The number of ether oxygens (including phenoxy) is 2. The minimum Gasteiger partial charge on any atom is -0.497 e. The maximum atomic E-state index is 9.99. The molecule has 0 saturated carbocycles. The van der Waals surface area contributed by atoms with Crippen molar-refractivity contribution in [1.29, 1.82) is 0 Å². The molecule has 0 radical (unpaired) electrons. The van der Waals surface area contributed by atoms with Gasteiger partial charge in [0.25, 0.3) is 0 Å². The summed E-state index contributed by atoms with van der Waals surface area (Å²) in [5.41, 5.74) is 2.07. The van der Waals surface area contributed by atoms with E-state index < -0.39 is 0 Å². The van der Waals surface area contributed by atoms with Crippen molar-refractivity contribution in [3.8, 4) is 5.75 Å². The van der Waals surface area contributed by atoms with Gasteiger partial charge in [0.05, 0.1) is 26.4 Å². The third kappa shape index (κ3) is 4.51. The SMILES string of the molecule is COc1ccc(CN2CCO[C@H](c3cc(Cl)nc(Br)c3)[C@H]2CO)cc1. The highest BCUT2D eigenvalue weighted by Crippen LogP contribution is 2.32. The number of aliphatic hydroxyl groups is 1. The summed E-state index contributed by atoms with van der Waals surface area (Å²) in [5, 5.41) is 10.4. The predicted molar refractivity (Wildman–Crippen MR) is 99.9 cm³/mol. The molecule has 0 aliphatic carbocycles. The maximum absolute atomic E-state index is 9.99. The van der Waals surface area contributed by atoms with Crippen molar-refractivity contribution in [3.63, 3.8) is 0 Å². The van der Waals surface area contributed by atoms with Crippen LogP contribution in [-0.2, 0) is 11.3 Å². The zero-order valence-corrected chi connectivity index (χ0v) is 16.2. The lowest BCUT2D eigenvalue weighted by atomic mass is 10.00. The summed E-state index contributed by atoms with van der Waals surface area (Å²) in [7, 11) is 1.65. The molecule has 1 saturated heterocycles. The fourth-order valence-electron chi connectivity index (χ4n) is 3.10. The molecule has 0 unspecified atom stereocenters. The van der Waals surface area contributed by atoms with E-state index in [9.17, 15) is 5.11 Å². The third-order valence-electron chi connectivity index (χ3n) is 4.34. The highest BCUT2D eigenvalue weighted by atomic mass is 79.9. The van der Waals surface area contributed by atoms with Crippen molar-refractivity contribution < 1.29 is 14.6 Å². The Hall–Kier alpha value is -1.18. The smallest absolute Gasteiger partial charge is 0.130 e. The average Bonchev–Trinajstić information content (AvgIpc) is 2.61. The van der Waals surface area contributed by atoms with E-state index in [1.54, 1.807) is 13.2 Å². The maximum Gasteiger partial charge on any atom is 0.130 e. The Kier molecular flexibility index (Phi) is 6.30. The van der Waals surface area contributed by atoms with Gasteiger partial charge in [0, 0.05) is 13.1 Å². The molecule has 3 rings (SSSR count). The normalized spacial score (nSPS) is 21.3. The summed E-state index contributed by atoms with van der Waals surface area (Å²) in [6, 6.07) is 11.5. The van der Waals surface area contributed by atoms with Crippen LogP contribution in [0.1, 0.15) is 17.2 Å². The molecule has 1 N–H and O–H groups in total. The second-order valence-corrected chi connectivity index (χ2v) is 7.11. The van der Waals surface area contributed by atoms with Gasteiger partial charge in [0.1, 0.15) is 21.6 Å². The molecule has 0 bridgehead atoms. The van der Waals surface area contributed by atoms with Gasteiger partial charge in [-0.3, -0.25) is 4.90 Å². The molecule has 7 heteroatoms. The summed E-state index contributed by atoms with van der Waals surface area (Å²) >= 11 is 9.44. The standard InChI is InChI=1S/C18H20BrClN2O3/c1-24-14-4-2-12(3-5-14)10-22-6-7-25-18(15(22)11-23)13-8-16(19)21-17(20)9-13/h2-5,8-9,15,18,23H,6-7,10-11H2,1H3/t15-,18-/m1/s1. The van der Waals surface area contributed by atoms with E-state index in [1.165, 1.54) is 0 Å². The second-order valence-electron chi connectivity index (χ2n) is 5.91. The molecular formula is C18H20BrClN2O3. The highest BCUT2D eigenvalue weighted by Gasteiger charge is 2.33. The molecule has 0 spiro atoms. The molecule has 2 atom stereocenters. The molecule has 25 heavy (non-hydrogen) atoms. The zero-order chi connectivity index (χ0) is 17.8. The van der Waals surface area contributed by atoms with Crippen LogP contribution >= 0.6 is 27.5 Å². The van der Waals surface area contributed by atoms with Gasteiger partial charge in [0.2, 0.25) is 0 Å². The molecule has 1 aliphatic heterocycles. The molecule has 1 fully saturated rings. The number of morpholine rings is 1. The average molecular weight is 428 g/mol. The Labute approximate surface area is 160 Å². The lowest BCUT2D eigenvalue weighted by Gasteiger charge is -2.40. The third-order valence-corrected chi connectivity index (χ3v) is 4.94. The van der Waals surface area contributed by atoms with Gasteiger partial charge in [-0.2, -0.15) is 0 Å². The lowest BCUT2D eigenvalue weighted by Crippen LogP contribution is -2.48. The van der Waals surface area contributed by atoms with E-state index in [0.717, 1.165) is 30.0 Å². The number of hydrogen-bond acceptors (Lipinski definition) is 5. The quantitative estimate of drug-likeness (QED) is 0.741. The van der Waals surface area contributed by atoms with Crippen LogP contribution in [0.3, 0.4) is 0 Å². The predicted octanol–water partition coefficient (Wildman–Crippen LogP) is 3.44. The molecule has 0 amide bonds. The minimum atomic E-state index is -0.256. The van der Waals surface area contributed by atoms with Gasteiger partial charge in [-0.1, -0.05) is 23.7 Å². The summed E-state index contributed by atoms with van der Waals surface area (Å²) in [6.45, 7) is 2.08. The van der Waals surface area contributed by atoms with Crippen LogP contribution in [0.2, 0.25) is 5.15 Å². The van der Waals surface area contributed by atoms with Gasteiger partial charge in [-0.25, -0.2) is 4.98 Å². The molecular weight excluding hydrogens is 408 g/mol. The van der Waals surface area contributed by atoms with Crippen LogP contribution < -0.4 is 4.74 Å². The van der Waals surface area contributed by atoms with Crippen molar-refractivity contribution in [3.05, 3.63) is 57.3 Å². The van der Waals surface area contributed by atoms with Crippen molar-refractivity contribution in [2.75, 3.05) is 26.9 Å². The molecule has 1 aromatic heterocycles. The van der Waals surface area contributed by atoms with Crippen LogP contribution in [-0.4, -0.2) is 47.9 Å². The molecule has 2 aromatic rings. The first-order valence-corrected chi connectivity index (χ1v) is 9.20. The van der Waals surface area contributed by atoms with E-state index in [-0.39, 0.29) is 18.8 Å². The van der Waals surface area contributed by atoms with Gasteiger partial charge in [-0.05, 0) is 51.3 Å². The molecule has 1 aromatic carbocycles. The Morgan fingerprint density at radius 3 is 2.76 bits per heavy atom. The number of aliphatic hydroxyl groups excluding tert-OH is 1. The summed E-state index contributed by atoms with van der Waals surface area (Å²) in [6.07, 6.45) is -0.256. The van der Waals surface area contributed by atoms with E-state index in [4.69, 9.17) is 21.1 Å². The van der Waals surface area contributed by atoms with Crippen LogP contribution in [0.4, 0.5) is 0 Å². The first-order valence-electron chi connectivity index (χ1n) is 8.03. The fourth-order valence-corrected chi connectivity index (χ4v) is 3.88. The highest BCUT2D eigenvalue weighted by molar-refractivity contribution is 9.10. The van der Waals surface area contributed by atoms with E-state index in [2.05, 4.69) is 25.8 Å². The Bertz CT molecular complexity index is 694. The number of benzene rings is 1. The van der Waals surface area contributed by atoms with Crippen molar-refractivity contribution in [2.45, 2.75) is 18.7 Å². The number of rotatable bonds is 5. The van der Waals surface area contributed by atoms with E-state index in [0.29, 0.717) is 16.4 Å². The summed E-state index contributed by atoms with van der Waals surface area (Å²) < 4.78 is 11.8. The minimum absolute atomic E-state index is 0.00160. The van der Waals surface area contributed by atoms with E-state index in [1.807, 2.05) is 30.3 Å². The number of halogens is 2. The molecule has 134 valence electrons. The Morgan fingerprint density at radius 1 is 1.36 bits per heavy atom. The second kappa shape index (κ2) is 8.47. The number of nitrogens with zero attached hydrogens (tertiary/aromatic N) is 2. The first kappa shape index (κ1) is 18.6. The summed E-state index contributed by atoms with van der Waals surface area (Å²) in [5.74, 6) is 0.832. The van der Waals surface area contributed by atoms with Gasteiger partial charge in [-0.15, -0.1) is 0 Å². The largest absolute Gasteiger partial charge is 0.497 e. The molecule has 1 aliphatic rings. The van der Waals surface area contributed by atoms with Crippen molar-refractivity contribution in [2.24, 2.45) is 0 Å². The first-order chi connectivity index (χ1) is 12.1. The van der Waals surface area contributed by atoms with Crippen molar-refractivity contribution in [1.82, 2.24) is 9.88 Å². The van der Waals surface area contributed by atoms with Crippen molar-refractivity contribution >= 4 is 27.5 Å².